The number of carbonyl (C=O) groups excluding carboxylic acids is 1. The van der Waals surface area contributed by atoms with Gasteiger partial charge in [0.1, 0.15) is 4.47 Å². The third kappa shape index (κ3) is 3.58. The molecule has 0 amide bonds. The van der Waals surface area contributed by atoms with E-state index in [1.54, 1.807) is 6.92 Å². The Bertz CT molecular complexity index is 304. The molecule has 1 rings (SSSR count). The summed E-state index contributed by atoms with van der Waals surface area (Å²) in [5.41, 5.74) is 0. The first-order valence-corrected chi connectivity index (χ1v) is 4.72. The summed E-state index contributed by atoms with van der Waals surface area (Å²) in [4.78, 5) is 10.5. The number of carboxylic acids is 1. The van der Waals surface area contributed by atoms with Gasteiger partial charge < -0.3 is 14.6 Å². The molecule has 13 heavy (non-hydrogen) atoms. The molecule has 0 unspecified atom stereocenters. The zero-order valence-electron chi connectivity index (χ0n) is 7.17. The van der Waals surface area contributed by atoms with Crippen molar-refractivity contribution < 1.29 is 66.0 Å². The summed E-state index contributed by atoms with van der Waals surface area (Å²) in [6.45, 7) is 2.25. The average Bonchev–Trinajstić information content (AvgIpc) is 2.34. The summed E-state index contributed by atoms with van der Waals surface area (Å²) >= 11 is 3.90. The van der Waals surface area contributed by atoms with Crippen LogP contribution in [0.15, 0.2) is 4.47 Å². The van der Waals surface area contributed by atoms with Gasteiger partial charge in [-0.2, -0.15) is 4.37 Å². The van der Waals surface area contributed by atoms with Gasteiger partial charge >= 0.3 is 51.4 Å². The first-order valence-electron chi connectivity index (χ1n) is 3.16. The molecule has 0 radical (unpaired) electrons. The van der Waals surface area contributed by atoms with Crippen LogP contribution >= 0.6 is 27.5 Å². The molecular formula is C6H5BrKNO3S. The number of hydrogen-bond donors (Lipinski definition) is 0. The molecule has 0 fully saturated rings. The molecule has 0 spiro atoms. The average molecular weight is 290 g/mol. The SMILES string of the molecule is CCOc1nsc(C(=O)[O-])c1Br.[K+]. The summed E-state index contributed by atoms with van der Waals surface area (Å²) in [6, 6.07) is 0. The molecule has 0 aliphatic carbocycles. The topological polar surface area (TPSA) is 62.2 Å². The number of carbonyl (C=O) groups is 1. The van der Waals surface area contributed by atoms with Gasteiger partial charge in [-0.3, -0.25) is 0 Å². The number of ether oxygens (including phenoxy) is 1. The summed E-state index contributed by atoms with van der Waals surface area (Å²) in [6.07, 6.45) is 0. The monoisotopic (exact) mass is 289 g/mol. The van der Waals surface area contributed by atoms with Crippen molar-refractivity contribution in [2.24, 2.45) is 0 Å². The maximum Gasteiger partial charge on any atom is 1.00 e. The van der Waals surface area contributed by atoms with E-state index in [-0.39, 0.29) is 56.3 Å². The Balaban J connectivity index is 0.00000144. The van der Waals surface area contributed by atoms with Gasteiger partial charge in [0.15, 0.2) is 0 Å². The van der Waals surface area contributed by atoms with Gasteiger partial charge in [-0.05, 0) is 34.4 Å². The number of aromatic nitrogens is 1. The van der Waals surface area contributed by atoms with Crippen LogP contribution in [0.25, 0.3) is 0 Å². The van der Waals surface area contributed by atoms with Crippen molar-refractivity contribution >= 4 is 33.4 Å². The molecule has 0 bridgehead atoms. The number of rotatable bonds is 3. The minimum Gasteiger partial charge on any atom is -0.544 e. The number of hydrogen-bond acceptors (Lipinski definition) is 5. The van der Waals surface area contributed by atoms with E-state index in [0.29, 0.717) is 17.0 Å². The van der Waals surface area contributed by atoms with E-state index in [0.717, 1.165) is 11.5 Å². The van der Waals surface area contributed by atoms with Crippen LogP contribution in [0.1, 0.15) is 16.6 Å². The third-order valence-electron chi connectivity index (χ3n) is 1.07. The third-order valence-corrected chi connectivity index (χ3v) is 2.88. The van der Waals surface area contributed by atoms with Crippen molar-refractivity contribution in [3.8, 4) is 5.88 Å². The Labute approximate surface area is 130 Å². The van der Waals surface area contributed by atoms with E-state index < -0.39 is 5.97 Å². The zero-order chi connectivity index (χ0) is 9.14. The molecule has 0 aliphatic rings. The van der Waals surface area contributed by atoms with Crippen molar-refractivity contribution in [2.75, 3.05) is 6.61 Å². The molecule has 1 aromatic rings. The van der Waals surface area contributed by atoms with Crippen LogP contribution in [0.3, 0.4) is 0 Å². The van der Waals surface area contributed by atoms with Crippen LogP contribution < -0.4 is 61.2 Å². The first kappa shape index (κ1) is 14.0. The maximum atomic E-state index is 10.4. The fraction of sp³-hybridized carbons (Fsp3) is 0.333. The minimum absolute atomic E-state index is 0. The van der Waals surface area contributed by atoms with Gasteiger partial charge in [0.2, 0.25) is 5.88 Å². The molecule has 0 aromatic carbocycles. The summed E-state index contributed by atoms with van der Waals surface area (Å²) in [5.74, 6) is -0.938. The molecule has 1 heterocycles. The number of carboxylic acid groups (broad SMARTS) is 1. The van der Waals surface area contributed by atoms with E-state index >= 15 is 0 Å². The number of halogens is 1. The van der Waals surface area contributed by atoms with Crippen molar-refractivity contribution in [2.45, 2.75) is 6.92 Å². The Kier molecular flexibility index (Phi) is 7.00. The van der Waals surface area contributed by atoms with Crippen LogP contribution in [0, 0.1) is 0 Å². The second kappa shape index (κ2) is 6.49. The molecule has 1 aromatic heterocycles. The second-order valence-electron chi connectivity index (χ2n) is 1.85. The quantitative estimate of drug-likeness (QED) is 0.586. The standard InChI is InChI=1S/C6H6BrNO3S.K/c1-2-11-5-3(7)4(6(9)10)12-8-5;/h2H2,1H3,(H,9,10);/q;+1/p-1. The van der Waals surface area contributed by atoms with Crippen molar-refractivity contribution in [1.29, 1.82) is 0 Å². The molecule has 0 aliphatic heterocycles. The van der Waals surface area contributed by atoms with Gasteiger partial charge in [-0.1, -0.05) is 0 Å². The molecule has 66 valence electrons. The van der Waals surface area contributed by atoms with E-state index in [1.165, 1.54) is 0 Å². The van der Waals surface area contributed by atoms with Gasteiger partial charge in [-0.25, -0.2) is 0 Å². The molecule has 0 saturated carbocycles. The summed E-state index contributed by atoms with van der Waals surface area (Å²) in [5, 5.41) is 10.4. The summed E-state index contributed by atoms with van der Waals surface area (Å²) < 4.78 is 9.16. The van der Waals surface area contributed by atoms with Gasteiger partial charge in [0, 0.05) is 0 Å². The van der Waals surface area contributed by atoms with Crippen LogP contribution in [-0.2, 0) is 0 Å². The Morgan fingerprint density at radius 2 is 2.38 bits per heavy atom. The summed E-state index contributed by atoms with van der Waals surface area (Å²) in [7, 11) is 0. The van der Waals surface area contributed by atoms with Crippen molar-refractivity contribution in [3.05, 3.63) is 9.35 Å². The molecule has 4 nitrogen and oxygen atoms in total. The Morgan fingerprint density at radius 1 is 1.77 bits per heavy atom. The molecule has 7 heteroatoms. The molecule has 0 saturated heterocycles. The van der Waals surface area contributed by atoms with E-state index in [9.17, 15) is 9.90 Å². The minimum atomic E-state index is -1.25. The van der Waals surface area contributed by atoms with Gasteiger partial charge in [0.05, 0.1) is 17.5 Å². The molecular weight excluding hydrogens is 285 g/mol. The van der Waals surface area contributed by atoms with Crippen LogP contribution in [0.4, 0.5) is 0 Å². The predicted octanol–water partition coefficient (Wildman–Crippen LogP) is -2.33. The Morgan fingerprint density at radius 3 is 2.77 bits per heavy atom. The van der Waals surface area contributed by atoms with E-state index in [2.05, 4.69) is 20.3 Å². The zero-order valence-corrected chi connectivity index (χ0v) is 12.7. The fourth-order valence-corrected chi connectivity index (χ4v) is 1.88. The van der Waals surface area contributed by atoms with Gasteiger partial charge in [-0.15, -0.1) is 0 Å². The molecule has 0 atom stereocenters. The van der Waals surface area contributed by atoms with Crippen LogP contribution in [0.5, 0.6) is 5.88 Å². The van der Waals surface area contributed by atoms with Gasteiger partial charge in [0.25, 0.3) is 0 Å². The molecule has 0 N–H and O–H groups in total. The number of aromatic carboxylic acids is 1. The smallest absolute Gasteiger partial charge is 0.544 e. The van der Waals surface area contributed by atoms with Crippen LogP contribution in [-0.4, -0.2) is 16.9 Å². The number of nitrogens with zero attached hydrogens (tertiary/aromatic N) is 1. The largest absolute Gasteiger partial charge is 1.00 e. The fourth-order valence-electron chi connectivity index (χ4n) is 0.618. The van der Waals surface area contributed by atoms with E-state index in [4.69, 9.17) is 4.74 Å². The predicted molar refractivity (Wildman–Crippen MR) is 45.3 cm³/mol. The Hall–Kier alpha value is 1.02. The first-order chi connectivity index (χ1) is 5.66. The van der Waals surface area contributed by atoms with Crippen molar-refractivity contribution in [1.82, 2.24) is 4.37 Å². The maximum absolute atomic E-state index is 10.4. The normalized spacial score (nSPS) is 9.08. The van der Waals surface area contributed by atoms with Crippen molar-refractivity contribution in [3.63, 3.8) is 0 Å². The van der Waals surface area contributed by atoms with Crippen LogP contribution in [0.2, 0.25) is 0 Å². The second-order valence-corrected chi connectivity index (χ2v) is 3.42. The van der Waals surface area contributed by atoms with E-state index in [1.807, 2.05) is 0 Å².